The number of rotatable bonds is 8. The molecule has 0 amide bonds. The molecule has 2 aromatic heterocycles. The van der Waals surface area contributed by atoms with Crippen LogP contribution in [-0.2, 0) is 0 Å². The maximum atomic E-state index is 2.39. The Labute approximate surface area is 382 Å². The van der Waals surface area contributed by atoms with Gasteiger partial charge in [-0.05, 0) is 120 Å². The number of aromatic nitrogens is 2. The monoisotopic (exact) mass is 842 g/mol. The van der Waals surface area contributed by atoms with E-state index in [2.05, 4.69) is 274 Å². The molecule has 0 aliphatic heterocycles. The first-order chi connectivity index (χ1) is 32.8. The average molecular weight is 843 g/mol. The summed E-state index contributed by atoms with van der Waals surface area (Å²) >= 11 is 0. The van der Waals surface area contributed by atoms with Crippen LogP contribution in [-0.4, -0.2) is 9.13 Å². The topological polar surface area (TPSA) is 16.3 Å². The van der Waals surface area contributed by atoms with Crippen molar-refractivity contribution in [3.63, 3.8) is 0 Å². The van der Waals surface area contributed by atoms with Gasteiger partial charge in [0.1, 0.15) is 0 Å². The van der Waals surface area contributed by atoms with Crippen LogP contribution in [0.3, 0.4) is 0 Å². The van der Waals surface area contributed by atoms with Gasteiger partial charge in [-0.1, -0.05) is 146 Å². The molecule has 2 heterocycles. The fourth-order valence-electron chi connectivity index (χ4n) is 10.3. The molecule has 66 heavy (non-hydrogen) atoms. The van der Waals surface area contributed by atoms with Crippen LogP contribution in [0, 0.1) is 0 Å². The smallest absolute Gasteiger partial charge is 0.0541 e. The number of benzene rings is 11. The molecule has 0 saturated heterocycles. The lowest BCUT2D eigenvalue weighted by molar-refractivity contribution is 1.17. The molecular formula is C62H42N4. The Bertz CT molecular complexity index is 3560. The summed E-state index contributed by atoms with van der Waals surface area (Å²) in [4.78, 5) is 4.79. The van der Waals surface area contributed by atoms with E-state index in [0.717, 1.165) is 45.5 Å². The third-order valence-electron chi connectivity index (χ3n) is 13.3. The van der Waals surface area contributed by atoms with Crippen LogP contribution in [0.25, 0.3) is 76.5 Å². The van der Waals surface area contributed by atoms with E-state index in [1.807, 2.05) is 0 Å². The van der Waals surface area contributed by atoms with E-state index in [1.54, 1.807) is 0 Å². The molecule has 0 aliphatic carbocycles. The van der Waals surface area contributed by atoms with Crippen molar-refractivity contribution < 1.29 is 0 Å². The molecule has 0 spiro atoms. The maximum absolute atomic E-state index is 2.39. The van der Waals surface area contributed by atoms with E-state index in [0.29, 0.717) is 0 Å². The summed E-state index contributed by atoms with van der Waals surface area (Å²) in [5.74, 6) is 0. The lowest BCUT2D eigenvalue weighted by Crippen LogP contribution is -2.13. The Morgan fingerprint density at radius 3 is 0.803 bits per heavy atom. The molecule has 0 radical (unpaired) electrons. The number of nitrogens with zero attached hydrogens (tertiary/aromatic N) is 4. The maximum Gasteiger partial charge on any atom is 0.0541 e. The normalized spacial score (nSPS) is 11.6. The lowest BCUT2D eigenvalue weighted by Gasteiger charge is -2.30. The van der Waals surface area contributed by atoms with Gasteiger partial charge in [0.15, 0.2) is 0 Å². The molecule has 0 fully saturated rings. The van der Waals surface area contributed by atoms with Gasteiger partial charge in [0.05, 0.1) is 33.4 Å². The van der Waals surface area contributed by atoms with Crippen LogP contribution < -0.4 is 9.80 Å². The summed E-state index contributed by atoms with van der Waals surface area (Å²) in [5.41, 5.74) is 13.6. The molecule has 0 aliphatic rings. The minimum atomic E-state index is 1.07. The standard InChI is InChI=1S/C62H42N4/c1-3-19-51-43(15-1)17-13-29-57(51)63(47-35-39-49(40-36-47)65-59-25-9-5-21-53(59)54-22-6-10-26-60(54)65)45-31-33-46(34-32-45)64(58-30-14-18-44-16-2-4-20-52(44)58)48-37-41-50(42-38-48)66-61-27-11-7-23-55(61)56-24-8-12-28-62(56)66/h1-42H. The zero-order valence-electron chi connectivity index (χ0n) is 36.0. The summed E-state index contributed by atoms with van der Waals surface area (Å²) < 4.78 is 4.76. The molecule has 4 nitrogen and oxygen atoms in total. The minimum absolute atomic E-state index is 1.07. The summed E-state index contributed by atoms with van der Waals surface area (Å²) in [6.45, 7) is 0. The van der Waals surface area contributed by atoms with Crippen LogP contribution in [0.15, 0.2) is 255 Å². The highest BCUT2D eigenvalue weighted by Gasteiger charge is 2.21. The first-order valence-electron chi connectivity index (χ1n) is 22.6. The van der Waals surface area contributed by atoms with Crippen LogP contribution in [0.2, 0.25) is 0 Å². The second kappa shape index (κ2) is 15.4. The van der Waals surface area contributed by atoms with Gasteiger partial charge in [0.2, 0.25) is 0 Å². The van der Waals surface area contributed by atoms with Crippen molar-refractivity contribution in [2.24, 2.45) is 0 Å². The molecule has 11 aromatic carbocycles. The highest BCUT2D eigenvalue weighted by atomic mass is 15.2. The van der Waals surface area contributed by atoms with E-state index >= 15 is 0 Å². The van der Waals surface area contributed by atoms with Crippen LogP contribution in [0.1, 0.15) is 0 Å². The van der Waals surface area contributed by atoms with Gasteiger partial charge in [-0.2, -0.15) is 0 Å². The van der Waals surface area contributed by atoms with Gasteiger partial charge >= 0.3 is 0 Å². The van der Waals surface area contributed by atoms with Crippen molar-refractivity contribution in [3.05, 3.63) is 255 Å². The van der Waals surface area contributed by atoms with E-state index in [4.69, 9.17) is 0 Å². The molecule has 4 heteroatoms. The zero-order valence-corrected chi connectivity index (χ0v) is 36.0. The SMILES string of the molecule is c1ccc2c(N(c3ccc(N(c4ccc(-n5c6ccccc6c6ccccc65)cc4)c4cccc5ccccc45)cc3)c3ccc(-n4c5ccccc5c5ccccc54)cc3)cccc2c1. The first-order valence-corrected chi connectivity index (χ1v) is 22.6. The predicted molar refractivity (Wildman–Crippen MR) is 279 cm³/mol. The van der Waals surface area contributed by atoms with E-state index in [-0.39, 0.29) is 0 Å². The van der Waals surface area contributed by atoms with Crippen molar-refractivity contribution in [1.29, 1.82) is 0 Å². The second-order valence-corrected chi connectivity index (χ2v) is 17.0. The number of para-hydroxylation sites is 4. The third-order valence-corrected chi connectivity index (χ3v) is 13.3. The Morgan fingerprint density at radius 2 is 0.470 bits per heavy atom. The minimum Gasteiger partial charge on any atom is -0.310 e. The average Bonchev–Trinajstić information content (AvgIpc) is 3.91. The number of fused-ring (bicyclic) bond motifs is 8. The third kappa shape index (κ3) is 6.07. The first kappa shape index (κ1) is 37.7. The highest BCUT2D eigenvalue weighted by molar-refractivity contribution is 6.10. The Kier molecular flexibility index (Phi) is 8.81. The van der Waals surface area contributed by atoms with Crippen molar-refractivity contribution in [3.8, 4) is 11.4 Å². The van der Waals surface area contributed by atoms with E-state index in [1.165, 1.54) is 65.2 Å². The van der Waals surface area contributed by atoms with Crippen LogP contribution in [0.4, 0.5) is 34.1 Å². The van der Waals surface area contributed by atoms with Crippen LogP contribution in [0.5, 0.6) is 0 Å². The molecule has 13 rings (SSSR count). The summed E-state index contributed by atoms with van der Waals surface area (Å²) in [6, 6.07) is 92.4. The largest absolute Gasteiger partial charge is 0.310 e. The van der Waals surface area contributed by atoms with Gasteiger partial charge in [-0.25, -0.2) is 0 Å². The molecule has 13 aromatic rings. The van der Waals surface area contributed by atoms with Gasteiger partial charge in [-0.15, -0.1) is 0 Å². The fourth-order valence-corrected chi connectivity index (χ4v) is 10.3. The second-order valence-electron chi connectivity index (χ2n) is 17.0. The van der Waals surface area contributed by atoms with Gasteiger partial charge in [0, 0.05) is 66.4 Å². The Balaban J connectivity index is 0.939. The summed E-state index contributed by atoms with van der Waals surface area (Å²) in [5, 5.41) is 9.80. The Hall–Kier alpha value is -8.86. The van der Waals surface area contributed by atoms with Crippen molar-refractivity contribution in [2.75, 3.05) is 9.80 Å². The molecule has 0 atom stereocenters. The highest BCUT2D eigenvalue weighted by Crippen LogP contribution is 2.44. The van der Waals surface area contributed by atoms with Crippen molar-refractivity contribution in [2.45, 2.75) is 0 Å². The molecule has 0 saturated carbocycles. The fraction of sp³-hybridized carbons (Fsp3) is 0. The molecule has 310 valence electrons. The number of hydrogen-bond donors (Lipinski definition) is 0. The molecule has 0 unspecified atom stereocenters. The molecule has 0 N–H and O–H groups in total. The number of hydrogen-bond acceptors (Lipinski definition) is 2. The van der Waals surface area contributed by atoms with Gasteiger partial charge < -0.3 is 18.9 Å². The molecule has 0 bridgehead atoms. The summed E-state index contributed by atoms with van der Waals surface area (Å²) in [6.07, 6.45) is 0. The predicted octanol–water partition coefficient (Wildman–Crippen LogP) is 17.1. The van der Waals surface area contributed by atoms with Crippen molar-refractivity contribution in [1.82, 2.24) is 9.13 Å². The van der Waals surface area contributed by atoms with Gasteiger partial charge in [0.25, 0.3) is 0 Å². The lowest BCUT2D eigenvalue weighted by atomic mass is 10.1. The van der Waals surface area contributed by atoms with E-state index in [9.17, 15) is 0 Å². The zero-order chi connectivity index (χ0) is 43.6. The quantitative estimate of drug-likeness (QED) is 0.152. The van der Waals surface area contributed by atoms with Crippen LogP contribution >= 0.6 is 0 Å². The van der Waals surface area contributed by atoms with Gasteiger partial charge in [-0.3, -0.25) is 0 Å². The summed E-state index contributed by atoms with van der Waals surface area (Å²) in [7, 11) is 0. The number of anilines is 6. The Morgan fingerprint density at radius 1 is 0.212 bits per heavy atom. The van der Waals surface area contributed by atoms with Crippen molar-refractivity contribution >= 4 is 99.3 Å². The van der Waals surface area contributed by atoms with E-state index < -0.39 is 0 Å². The molecular weight excluding hydrogens is 801 g/mol.